The van der Waals surface area contributed by atoms with E-state index >= 15 is 0 Å². The normalized spacial score (nSPS) is 10.5. The average molecular weight is 221 g/mol. The van der Waals surface area contributed by atoms with Crippen molar-refractivity contribution < 1.29 is 4.39 Å². The number of hydrogen-bond acceptors (Lipinski definition) is 2. The summed E-state index contributed by atoms with van der Waals surface area (Å²) in [6.07, 6.45) is 0.830. The van der Waals surface area contributed by atoms with Crippen LogP contribution in [-0.2, 0) is 13.0 Å². The maximum atomic E-state index is 12.7. The molecule has 2 rings (SSSR count). The fourth-order valence-electron chi connectivity index (χ4n) is 1.53. The second kappa shape index (κ2) is 4.55. The molecule has 1 aromatic heterocycles. The van der Waals surface area contributed by atoms with E-state index in [0.717, 1.165) is 12.0 Å². The van der Waals surface area contributed by atoms with E-state index in [4.69, 9.17) is 5.73 Å². The molecule has 0 saturated carbocycles. The molecule has 0 aliphatic heterocycles. The molecule has 78 valence electrons. The Bertz CT molecular complexity index is 433. The minimum Gasteiger partial charge on any atom is -0.326 e. The molecule has 15 heavy (non-hydrogen) atoms. The Morgan fingerprint density at radius 2 is 1.87 bits per heavy atom. The first-order valence-corrected chi connectivity index (χ1v) is 5.67. The molecule has 0 saturated heterocycles. The Kier molecular flexibility index (Phi) is 3.14. The zero-order valence-electron chi connectivity index (χ0n) is 8.24. The van der Waals surface area contributed by atoms with E-state index in [1.54, 1.807) is 11.3 Å². The number of halogens is 1. The van der Waals surface area contributed by atoms with Gasteiger partial charge in [0, 0.05) is 11.4 Å². The third-order valence-electron chi connectivity index (χ3n) is 2.33. The van der Waals surface area contributed by atoms with Crippen molar-refractivity contribution >= 4 is 11.3 Å². The summed E-state index contributed by atoms with van der Waals surface area (Å²) in [5.41, 5.74) is 7.98. The molecule has 0 spiro atoms. The molecular formula is C12H12FNS. The van der Waals surface area contributed by atoms with Crippen molar-refractivity contribution in [2.75, 3.05) is 0 Å². The number of benzene rings is 1. The van der Waals surface area contributed by atoms with Crippen LogP contribution in [0.2, 0.25) is 0 Å². The van der Waals surface area contributed by atoms with Crippen molar-refractivity contribution in [1.82, 2.24) is 0 Å². The van der Waals surface area contributed by atoms with Crippen molar-refractivity contribution in [1.29, 1.82) is 0 Å². The molecule has 1 nitrogen and oxygen atoms in total. The SMILES string of the molecule is NCc1sccc1Cc1ccc(F)cc1. The van der Waals surface area contributed by atoms with E-state index in [-0.39, 0.29) is 5.82 Å². The fourth-order valence-corrected chi connectivity index (χ4v) is 2.31. The maximum Gasteiger partial charge on any atom is 0.123 e. The van der Waals surface area contributed by atoms with Crippen LogP contribution in [0.5, 0.6) is 0 Å². The predicted octanol–water partition coefficient (Wildman–Crippen LogP) is 2.94. The van der Waals surface area contributed by atoms with Gasteiger partial charge in [0.2, 0.25) is 0 Å². The first-order valence-electron chi connectivity index (χ1n) is 4.79. The minimum absolute atomic E-state index is 0.192. The molecule has 1 heterocycles. The quantitative estimate of drug-likeness (QED) is 0.847. The van der Waals surface area contributed by atoms with Crippen LogP contribution in [0.4, 0.5) is 4.39 Å². The number of rotatable bonds is 3. The van der Waals surface area contributed by atoms with Gasteiger partial charge in [-0.25, -0.2) is 4.39 Å². The fraction of sp³-hybridized carbons (Fsp3) is 0.167. The van der Waals surface area contributed by atoms with Gasteiger partial charge in [0.05, 0.1) is 0 Å². The average Bonchev–Trinajstić information content (AvgIpc) is 2.69. The van der Waals surface area contributed by atoms with Gasteiger partial charge < -0.3 is 5.73 Å². The topological polar surface area (TPSA) is 26.0 Å². The standard InChI is InChI=1S/C12H12FNS/c13-11-3-1-9(2-4-11)7-10-5-6-15-12(10)8-14/h1-6H,7-8,14H2. The number of hydrogen-bond donors (Lipinski definition) is 1. The van der Waals surface area contributed by atoms with E-state index in [0.29, 0.717) is 6.54 Å². The lowest BCUT2D eigenvalue weighted by Crippen LogP contribution is -1.98. The molecule has 1 aromatic carbocycles. The highest BCUT2D eigenvalue weighted by molar-refractivity contribution is 7.10. The lowest BCUT2D eigenvalue weighted by molar-refractivity contribution is 0.627. The summed E-state index contributed by atoms with van der Waals surface area (Å²) < 4.78 is 12.7. The molecule has 0 atom stereocenters. The van der Waals surface area contributed by atoms with Gasteiger partial charge in [0.25, 0.3) is 0 Å². The van der Waals surface area contributed by atoms with E-state index in [1.807, 2.05) is 17.5 Å². The molecule has 0 amide bonds. The van der Waals surface area contributed by atoms with Gasteiger partial charge in [0.15, 0.2) is 0 Å². The summed E-state index contributed by atoms with van der Waals surface area (Å²) in [5, 5.41) is 2.04. The molecule has 2 aromatic rings. The monoisotopic (exact) mass is 221 g/mol. The van der Waals surface area contributed by atoms with Crippen molar-refractivity contribution in [2.45, 2.75) is 13.0 Å². The van der Waals surface area contributed by atoms with E-state index in [1.165, 1.54) is 22.6 Å². The van der Waals surface area contributed by atoms with Crippen LogP contribution in [-0.4, -0.2) is 0 Å². The van der Waals surface area contributed by atoms with E-state index in [2.05, 4.69) is 6.07 Å². The number of thiophene rings is 1. The van der Waals surface area contributed by atoms with Gasteiger partial charge in [-0.1, -0.05) is 12.1 Å². The van der Waals surface area contributed by atoms with Gasteiger partial charge in [-0.3, -0.25) is 0 Å². The minimum atomic E-state index is -0.192. The molecule has 0 bridgehead atoms. The molecule has 0 aliphatic rings. The summed E-state index contributed by atoms with van der Waals surface area (Å²) in [6.45, 7) is 0.578. The molecule has 3 heteroatoms. The van der Waals surface area contributed by atoms with E-state index < -0.39 is 0 Å². The van der Waals surface area contributed by atoms with Gasteiger partial charge in [-0.05, 0) is 41.1 Å². The van der Waals surface area contributed by atoms with Gasteiger partial charge >= 0.3 is 0 Å². The smallest absolute Gasteiger partial charge is 0.123 e. The lowest BCUT2D eigenvalue weighted by atomic mass is 10.1. The second-order valence-corrected chi connectivity index (χ2v) is 4.38. The predicted molar refractivity (Wildman–Crippen MR) is 61.4 cm³/mol. The molecule has 2 N–H and O–H groups in total. The third-order valence-corrected chi connectivity index (χ3v) is 3.32. The molecule has 0 unspecified atom stereocenters. The Hall–Kier alpha value is -1.19. The van der Waals surface area contributed by atoms with Crippen LogP contribution < -0.4 is 5.73 Å². The van der Waals surface area contributed by atoms with Crippen molar-refractivity contribution in [3.05, 3.63) is 57.5 Å². The Morgan fingerprint density at radius 3 is 2.53 bits per heavy atom. The molecule has 0 radical (unpaired) electrons. The van der Waals surface area contributed by atoms with Crippen molar-refractivity contribution in [3.63, 3.8) is 0 Å². The highest BCUT2D eigenvalue weighted by Crippen LogP contribution is 2.19. The highest BCUT2D eigenvalue weighted by atomic mass is 32.1. The van der Waals surface area contributed by atoms with E-state index in [9.17, 15) is 4.39 Å². The Labute approximate surface area is 92.4 Å². The Morgan fingerprint density at radius 1 is 1.13 bits per heavy atom. The number of nitrogens with two attached hydrogens (primary N) is 1. The summed E-state index contributed by atoms with van der Waals surface area (Å²) in [7, 11) is 0. The summed E-state index contributed by atoms with van der Waals surface area (Å²) in [4.78, 5) is 1.21. The van der Waals surface area contributed by atoms with Crippen LogP contribution in [0.3, 0.4) is 0 Å². The second-order valence-electron chi connectivity index (χ2n) is 3.38. The highest BCUT2D eigenvalue weighted by Gasteiger charge is 2.03. The molecule has 0 aliphatic carbocycles. The van der Waals surface area contributed by atoms with Crippen LogP contribution in [0, 0.1) is 5.82 Å². The maximum absolute atomic E-state index is 12.7. The van der Waals surface area contributed by atoms with Crippen LogP contribution in [0.15, 0.2) is 35.7 Å². The van der Waals surface area contributed by atoms with Crippen molar-refractivity contribution in [3.8, 4) is 0 Å². The van der Waals surface area contributed by atoms with Gasteiger partial charge in [-0.2, -0.15) is 0 Å². The van der Waals surface area contributed by atoms with Gasteiger partial charge in [-0.15, -0.1) is 11.3 Å². The van der Waals surface area contributed by atoms with Crippen LogP contribution in [0.25, 0.3) is 0 Å². The molecule has 0 fully saturated rings. The lowest BCUT2D eigenvalue weighted by Gasteiger charge is -2.02. The third kappa shape index (κ3) is 2.43. The zero-order chi connectivity index (χ0) is 10.7. The summed E-state index contributed by atoms with van der Waals surface area (Å²) in [6, 6.07) is 8.68. The zero-order valence-corrected chi connectivity index (χ0v) is 9.06. The largest absolute Gasteiger partial charge is 0.326 e. The molecular weight excluding hydrogens is 209 g/mol. The van der Waals surface area contributed by atoms with Crippen LogP contribution in [0.1, 0.15) is 16.0 Å². The Balaban J connectivity index is 2.18. The van der Waals surface area contributed by atoms with Gasteiger partial charge in [0.1, 0.15) is 5.82 Å². The summed E-state index contributed by atoms with van der Waals surface area (Å²) >= 11 is 1.67. The first-order chi connectivity index (χ1) is 7.29. The first kappa shape index (κ1) is 10.3. The summed E-state index contributed by atoms with van der Waals surface area (Å²) in [5.74, 6) is -0.192. The van der Waals surface area contributed by atoms with Crippen molar-refractivity contribution in [2.24, 2.45) is 5.73 Å². The van der Waals surface area contributed by atoms with Crippen LogP contribution >= 0.6 is 11.3 Å².